The van der Waals surface area contributed by atoms with Gasteiger partial charge in [-0.05, 0) is 94.6 Å². The molecule has 0 amide bonds. The maximum Gasteiger partial charge on any atom is 0.500 e. The molecule has 5 unspecified atom stereocenters. The van der Waals surface area contributed by atoms with Crippen molar-refractivity contribution in [2.24, 2.45) is 17.8 Å². The number of esters is 2. The molecule has 5 atom stereocenters. The van der Waals surface area contributed by atoms with Gasteiger partial charge in [-0.25, -0.2) is 0 Å². The summed E-state index contributed by atoms with van der Waals surface area (Å²) in [6, 6.07) is 19.2. The minimum absolute atomic E-state index is 0.0538. The van der Waals surface area contributed by atoms with Gasteiger partial charge in [0, 0.05) is 53.5 Å². The van der Waals surface area contributed by atoms with Crippen molar-refractivity contribution in [2.45, 2.75) is 83.7 Å². The van der Waals surface area contributed by atoms with Gasteiger partial charge < -0.3 is 37.7 Å². The first-order valence-corrected chi connectivity index (χ1v) is 21.3. The van der Waals surface area contributed by atoms with Gasteiger partial charge in [0.05, 0.1) is 18.4 Å². The molecule has 0 heterocycles. The lowest BCUT2D eigenvalue weighted by Gasteiger charge is -2.28. The van der Waals surface area contributed by atoms with Crippen LogP contribution in [-0.2, 0) is 48.4 Å². The summed E-state index contributed by atoms with van der Waals surface area (Å²) in [7, 11) is 7.85. The van der Waals surface area contributed by atoms with Crippen LogP contribution in [-0.4, -0.2) is 107 Å². The Hall–Kier alpha value is -2.97. The fourth-order valence-electron chi connectivity index (χ4n) is 6.95. The quantitative estimate of drug-likeness (QED) is 0.0545. The number of nitrogens with zero attached hydrogens (tertiary/aromatic N) is 1. The summed E-state index contributed by atoms with van der Waals surface area (Å²) in [5.74, 6) is -1.82. The van der Waals surface area contributed by atoms with Gasteiger partial charge in [-0.3, -0.25) is 14.4 Å². The second-order valence-corrected chi connectivity index (χ2v) is 17.6. The van der Waals surface area contributed by atoms with Crippen LogP contribution >= 0.6 is 0 Å². The number of hydrogen-bond donors (Lipinski definition) is 1. The Balaban J connectivity index is 2.18. The number of nitrogens with one attached hydrogen (secondary N) is 1. The summed E-state index contributed by atoms with van der Waals surface area (Å²) < 4.78 is 33.0. The molecule has 1 N–H and O–H groups in total. The van der Waals surface area contributed by atoms with E-state index in [1.54, 1.807) is 35.4 Å². The Labute approximate surface area is 326 Å². The number of methoxy groups -OCH3 is 1. The number of ether oxygens (including phenoxy) is 3. The Morgan fingerprint density at radius 1 is 0.722 bits per heavy atom. The first-order chi connectivity index (χ1) is 25.9. The average molecular weight is 773 g/mol. The van der Waals surface area contributed by atoms with Crippen LogP contribution in [0.5, 0.6) is 0 Å². The van der Waals surface area contributed by atoms with Crippen molar-refractivity contribution in [3.05, 3.63) is 71.3 Å². The summed E-state index contributed by atoms with van der Waals surface area (Å²) in [5.41, 5.74) is 3.43. The molecule has 2 aromatic carbocycles. The standard InChI is InChI=1S/C42H68N2O9Si/c1-10-35(41(46)52-23-22-43-21-14-26-54(49-7,50-8)51-9)28-39(37-15-12-11-13-16-37)30-40(42(47)53-25-24-48-6)29-38(33(3)45)27-32(2)36-19-17-34(18-20-36)31-44(4)5/h11-13,15-20,32,35,38-40,43H,10,14,21-31H2,1-9H3. The van der Waals surface area contributed by atoms with Crippen molar-refractivity contribution in [1.29, 1.82) is 0 Å². The first-order valence-electron chi connectivity index (χ1n) is 19.4. The molecule has 0 radical (unpaired) electrons. The van der Waals surface area contributed by atoms with Crippen LogP contribution in [0, 0.1) is 17.8 Å². The molecule has 11 nitrogen and oxygen atoms in total. The van der Waals surface area contributed by atoms with Crippen molar-refractivity contribution >= 4 is 26.5 Å². The topological polar surface area (TPSA) is 122 Å². The zero-order chi connectivity index (χ0) is 39.9. The van der Waals surface area contributed by atoms with Gasteiger partial charge >= 0.3 is 20.7 Å². The van der Waals surface area contributed by atoms with E-state index in [2.05, 4.69) is 41.4 Å². The molecular weight excluding hydrogens is 705 g/mol. The van der Waals surface area contributed by atoms with E-state index in [0.717, 1.165) is 24.1 Å². The van der Waals surface area contributed by atoms with Crippen molar-refractivity contribution in [2.75, 3.05) is 75.4 Å². The highest BCUT2D eigenvalue weighted by Crippen LogP contribution is 2.37. The van der Waals surface area contributed by atoms with Gasteiger partial charge in [0.25, 0.3) is 0 Å². The second-order valence-electron chi connectivity index (χ2n) is 14.5. The Bertz CT molecular complexity index is 1330. The molecule has 0 fully saturated rings. The van der Waals surface area contributed by atoms with Gasteiger partial charge in [0.2, 0.25) is 0 Å². The molecular formula is C42H68N2O9Si. The van der Waals surface area contributed by atoms with Crippen LogP contribution in [0.4, 0.5) is 0 Å². The van der Waals surface area contributed by atoms with Crippen molar-refractivity contribution in [1.82, 2.24) is 10.2 Å². The van der Waals surface area contributed by atoms with Crippen molar-refractivity contribution < 1.29 is 41.9 Å². The monoisotopic (exact) mass is 772 g/mol. The summed E-state index contributed by atoms with van der Waals surface area (Å²) in [5, 5.41) is 3.32. The normalized spacial score (nSPS) is 14.6. The lowest BCUT2D eigenvalue weighted by molar-refractivity contribution is -0.151. The van der Waals surface area contributed by atoms with Crippen LogP contribution < -0.4 is 5.32 Å². The van der Waals surface area contributed by atoms with Crippen molar-refractivity contribution in [3.8, 4) is 0 Å². The summed E-state index contributed by atoms with van der Waals surface area (Å²) >= 11 is 0. The molecule has 0 aliphatic carbocycles. The van der Waals surface area contributed by atoms with Gasteiger partial charge in [-0.1, -0.05) is 68.4 Å². The van der Waals surface area contributed by atoms with E-state index in [9.17, 15) is 14.4 Å². The zero-order valence-corrected chi connectivity index (χ0v) is 35.4. The molecule has 0 bridgehead atoms. The Morgan fingerprint density at radius 2 is 1.33 bits per heavy atom. The molecule has 0 aliphatic heterocycles. The molecule has 54 heavy (non-hydrogen) atoms. The number of carbonyl (C=O) groups is 3. The number of rotatable bonds is 29. The van der Waals surface area contributed by atoms with Crippen LogP contribution in [0.15, 0.2) is 54.6 Å². The number of benzene rings is 2. The molecule has 0 saturated carbocycles. The summed E-state index contributed by atoms with van der Waals surface area (Å²) in [6.07, 6.45) is 3.32. The third-order valence-corrected chi connectivity index (χ3v) is 13.1. The van der Waals surface area contributed by atoms with Gasteiger partial charge in [-0.2, -0.15) is 0 Å². The summed E-state index contributed by atoms with van der Waals surface area (Å²) in [6.45, 7) is 8.49. The maximum atomic E-state index is 13.8. The lowest BCUT2D eigenvalue weighted by Crippen LogP contribution is -2.43. The van der Waals surface area contributed by atoms with Gasteiger partial charge in [-0.15, -0.1) is 0 Å². The second kappa shape index (κ2) is 26.0. The third-order valence-electron chi connectivity index (χ3n) is 10.2. The van der Waals surface area contributed by atoms with Crippen molar-refractivity contribution in [3.63, 3.8) is 0 Å². The van der Waals surface area contributed by atoms with E-state index >= 15 is 0 Å². The van der Waals surface area contributed by atoms with Crippen LogP contribution in [0.2, 0.25) is 6.04 Å². The molecule has 2 aromatic rings. The largest absolute Gasteiger partial charge is 0.500 e. The Kier molecular flexibility index (Phi) is 22.7. The number of hydrogen-bond acceptors (Lipinski definition) is 11. The molecule has 0 aliphatic rings. The molecule has 2 rings (SSSR count). The number of carbonyl (C=O) groups excluding carboxylic acids is 3. The van der Waals surface area contributed by atoms with Gasteiger partial charge in [0.1, 0.15) is 19.0 Å². The fourth-order valence-corrected chi connectivity index (χ4v) is 8.67. The predicted molar refractivity (Wildman–Crippen MR) is 214 cm³/mol. The minimum Gasteiger partial charge on any atom is -0.464 e. The zero-order valence-electron chi connectivity index (χ0n) is 34.4. The van der Waals surface area contributed by atoms with Gasteiger partial charge in [0.15, 0.2) is 0 Å². The third kappa shape index (κ3) is 16.8. The van der Waals surface area contributed by atoms with E-state index in [1.165, 1.54) is 5.56 Å². The highest BCUT2D eigenvalue weighted by atomic mass is 28.4. The molecule has 0 spiro atoms. The average Bonchev–Trinajstić information content (AvgIpc) is 3.17. The minimum atomic E-state index is -2.62. The van der Waals surface area contributed by atoms with E-state index < -0.39 is 14.7 Å². The smallest absolute Gasteiger partial charge is 0.464 e. The van der Waals surface area contributed by atoms with Crippen LogP contribution in [0.25, 0.3) is 0 Å². The predicted octanol–water partition coefficient (Wildman–Crippen LogP) is 6.63. The van der Waals surface area contributed by atoms with E-state index in [-0.39, 0.29) is 61.2 Å². The molecule has 304 valence electrons. The van der Waals surface area contributed by atoms with E-state index in [1.807, 2.05) is 51.4 Å². The SMILES string of the molecule is CCC(CC(CC(CC(CC(C)c1ccc(CN(C)C)cc1)C(C)=O)C(=O)OCCOC)c1ccccc1)C(=O)OCCNCCC[Si](OC)(OC)OC. The fraction of sp³-hybridized carbons (Fsp3) is 0.643. The molecule has 0 saturated heterocycles. The maximum absolute atomic E-state index is 13.8. The molecule has 12 heteroatoms. The van der Waals surface area contributed by atoms with E-state index in [0.29, 0.717) is 51.2 Å². The van der Waals surface area contributed by atoms with Crippen LogP contribution in [0.1, 0.15) is 87.8 Å². The number of ketones is 1. The lowest BCUT2D eigenvalue weighted by atomic mass is 9.76. The highest BCUT2D eigenvalue weighted by Gasteiger charge is 2.37. The highest BCUT2D eigenvalue weighted by molar-refractivity contribution is 6.60. The van der Waals surface area contributed by atoms with E-state index in [4.69, 9.17) is 27.5 Å². The first kappa shape index (κ1) is 47.2. The number of Topliss-reactive ketones (excluding diaryl/α,β-unsaturated/α-hetero) is 1. The Morgan fingerprint density at radius 3 is 1.91 bits per heavy atom. The molecule has 0 aromatic heterocycles. The summed E-state index contributed by atoms with van der Waals surface area (Å²) in [4.78, 5) is 42.5. The van der Waals surface area contributed by atoms with Crippen LogP contribution in [0.3, 0.4) is 0 Å².